The zero-order chi connectivity index (χ0) is 16.6. The van der Waals surface area contributed by atoms with Gasteiger partial charge in [-0.3, -0.25) is 4.18 Å². The SMILES string of the molecule is COc1cc2c(cc1OC)C1=NO[C@@H](COS(C)(=O)=O)[C@@H]1CN2. The fourth-order valence-corrected chi connectivity index (χ4v) is 3.09. The number of fused-ring (bicyclic) bond motifs is 3. The van der Waals surface area contributed by atoms with Gasteiger partial charge in [0.1, 0.15) is 6.61 Å². The van der Waals surface area contributed by atoms with Gasteiger partial charge in [-0.2, -0.15) is 8.42 Å². The van der Waals surface area contributed by atoms with Crippen LogP contribution in [0.1, 0.15) is 5.56 Å². The summed E-state index contributed by atoms with van der Waals surface area (Å²) in [4.78, 5) is 5.37. The van der Waals surface area contributed by atoms with Crippen LogP contribution in [0.15, 0.2) is 17.3 Å². The van der Waals surface area contributed by atoms with Gasteiger partial charge in [0.2, 0.25) is 0 Å². The van der Waals surface area contributed by atoms with Gasteiger partial charge < -0.3 is 19.6 Å². The predicted molar refractivity (Wildman–Crippen MR) is 83.7 cm³/mol. The molecule has 0 unspecified atom stereocenters. The summed E-state index contributed by atoms with van der Waals surface area (Å²) in [6.45, 7) is 0.500. The van der Waals surface area contributed by atoms with Crippen molar-refractivity contribution in [1.29, 1.82) is 0 Å². The van der Waals surface area contributed by atoms with E-state index in [4.69, 9.17) is 18.5 Å². The van der Waals surface area contributed by atoms with E-state index in [0.29, 0.717) is 18.0 Å². The van der Waals surface area contributed by atoms with E-state index in [-0.39, 0.29) is 12.5 Å². The van der Waals surface area contributed by atoms with Crippen molar-refractivity contribution in [2.75, 3.05) is 38.9 Å². The molecular weight excluding hydrogens is 324 g/mol. The molecule has 2 aliphatic heterocycles. The lowest BCUT2D eigenvalue weighted by Crippen LogP contribution is -2.37. The molecule has 0 saturated carbocycles. The van der Waals surface area contributed by atoms with E-state index in [9.17, 15) is 8.42 Å². The molecule has 0 amide bonds. The van der Waals surface area contributed by atoms with Crippen LogP contribution in [0.25, 0.3) is 0 Å². The first-order chi connectivity index (χ1) is 10.9. The highest BCUT2D eigenvalue weighted by Gasteiger charge is 2.39. The minimum Gasteiger partial charge on any atom is -0.493 e. The maximum absolute atomic E-state index is 11.1. The Morgan fingerprint density at radius 3 is 2.65 bits per heavy atom. The van der Waals surface area contributed by atoms with Crippen LogP contribution in [0, 0.1) is 5.92 Å². The lowest BCUT2D eigenvalue weighted by atomic mass is 9.88. The maximum Gasteiger partial charge on any atom is 0.264 e. The zero-order valence-corrected chi connectivity index (χ0v) is 13.8. The van der Waals surface area contributed by atoms with Crippen molar-refractivity contribution in [1.82, 2.24) is 0 Å². The molecule has 23 heavy (non-hydrogen) atoms. The molecule has 1 N–H and O–H groups in total. The monoisotopic (exact) mass is 342 g/mol. The Bertz CT molecular complexity index is 746. The van der Waals surface area contributed by atoms with Gasteiger partial charge in [-0.1, -0.05) is 5.16 Å². The van der Waals surface area contributed by atoms with Crippen LogP contribution in [0.2, 0.25) is 0 Å². The molecule has 0 aromatic heterocycles. The molecule has 0 radical (unpaired) electrons. The van der Waals surface area contributed by atoms with Crippen LogP contribution in [-0.4, -0.2) is 53.9 Å². The molecule has 0 fully saturated rings. The summed E-state index contributed by atoms with van der Waals surface area (Å²) in [6, 6.07) is 3.67. The van der Waals surface area contributed by atoms with Crippen LogP contribution in [-0.2, 0) is 19.1 Å². The molecule has 0 saturated heterocycles. The summed E-state index contributed by atoms with van der Waals surface area (Å²) in [5.41, 5.74) is 2.47. The first-order valence-corrected chi connectivity index (χ1v) is 8.83. The van der Waals surface area contributed by atoms with E-state index >= 15 is 0 Å². The van der Waals surface area contributed by atoms with Crippen molar-refractivity contribution in [3.63, 3.8) is 0 Å². The number of nitrogens with one attached hydrogen (secondary N) is 1. The van der Waals surface area contributed by atoms with Crippen molar-refractivity contribution in [2.24, 2.45) is 11.1 Å². The Hall–Kier alpha value is -2.00. The number of methoxy groups -OCH3 is 2. The van der Waals surface area contributed by atoms with E-state index in [1.807, 2.05) is 12.1 Å². The third-order valence-corrected chi connectivity index (χ3v) is 4.41. The average Bonchev–Trinajstić information content (AvgIpc) is 2.94. The Kier molecular flexibility index (Phi) is 4.07. The highest BCUT2D eigenvalue weighted by atomic mass is 32.2. The lowest BCUT2D eigenvalue weighted by molar-refractivity contribution is 0.0299. The van der Waals surface area contributed by atoms with Gasteiger partial charge in [0.15, 0.2) is 17.6 Å². The van der Waals surface area contributed by atoms with Gasteiger partial charge in [0.25, 0.3) is 10.1 Å². The van der Waals surface area contributed by atoms with Crippen LogP contribution < -0.4 is 14.8 Å². The number of rotatable bonds is 5. The second-order valence-electron chi connectivity index (χ2n) is 5.35. The van der Waals surface area contributed by atoms with Crippen molar-refractivity contribution < 1.29 is 26.9 Å². The highest BCUT2D eigenvalue weighted by molar-refractivity contribution is 7.85. The minimum absolute atomic E-state index is 0.0686. The summed E-state index contributed by atoms with van der Waals surface area (Å²) < 4.78 is 37.7. The van der Waals surface area contributed by atoms with Gasteiger partial charge in [-0.25, -0.2) is 0 Å². The molecule has 2 aliphatic rings. The van der Waals surface area contributed by atoms with Crippen molar-refractivity contribution in [2.45, 2.75) is 6.10 Å². The van der Waals surface area contributed by atoms with E-state index in [2.05, 4.69) is 10.5 Å². The summed E-state index contributed by atoms with van der Waals surface area (Å²) in [7, 11) is -0.380. The van der Waals surface area contributed by atoms with E-state index in [1.165, 1.54) is 0 Å². The third-order valence-electron chi connectivity index (χ3n) is 3.84. The Balaban J connectivity index is 1.85. The molecular formula is C14H18N2O6S. The van der Waals surface area contributed by atoms with Crippen LogP contribution in [0.3, 0.4) is 0 Å². The number of hydrogen-bond acceptors (Lipinski definition) is 8. The number of hydrogen-bond donors (Lipinski definition) is 1. The van der Waals surface area contributed by atoms with Crippen LogP contribution in [0.5, 0.6) is 11.5 Å². The predicted octanol–water partition coefficient (Wildman–Crippen LogP) is 0.825. The quantitative estimate of drug-likeness (QED) is 0.792. The normalized spacial score (nSPS) is 22.3. The molecule has 0 aliphatic carbocycles. The topological polar surface area (TPSA) is 95.4 Å². The maximum atomic E-state index is 11.1. The summed E-state index contributed by atoms with van der Waals surface area (Å²) in [6.07, 6.45) is 0.559. The van der Waals surface area contributed by atoms with Crippen LogP contribution >= 0.6 is 0 Å². The molecule has 2 heterocycles. The Morgan fingerprint density at radius 2 is 2.00 bits per heavy atom. The average molecular weight is 342 g/mol. The molecule has 1 aromatic carbocycles. The number of anilines is 1. The van der Waals surface area contributed by atoms with Crippen LogP contribution in [0.4, 0.5) is 5.69 Å². The number of benzene rings is 1. The molecule has 0 bridgehead atoms. The molecule has 3 rings (SSSR count). The standard InChI is InChI=1S/C14H18N2O6S/c1-19-11-4-8-10(5-12(11)20-2)15-6-9-13(22-16-14(8)9)7-21-23(3,17)18/h4-5,9,13,15H,6-7H2,1-3H3/t9-,13-/m0/s1. The number of nitrogens with zero attached hydrogens (tertiary/aromatic N) is 1. The molecule has 8 nitrogen and oxygen atoms in total. The Labute approximate surface area is 134 Å². The first kappa shape index (κ1) is 15.9. The van der Waals surface area contributed by atoms with Gasteiger partial charge in [-0.15, -0.1) is 0 Å². The summed E-state index contributed by atoms with van der Waals surface area (Å²) >= 11 is 0. The fourth-order valence-electron chi connectivity index (χ4n) is 2.71. The van der Waals surface area contributed by atoms with Gasteiger partial charge in [-0.05, 0) is 6.07 Å². The molecule has 1 aromatic rings. The first-order valence-electron chi connectivity index (χ1n) is 7.01. The smallest absolute Gasteiger partial charge is 0.264 e. The highest BCUT2D eigenvalue weighted by Crippen LogP contribution is 2.39. The second kappa shape index (κ2) is 5.89. The van der Waals surface area contributed by atoms with Gasteiger partial charge in [0.05, 0.1) is 32.1 Å². The van der Waals surface area contributed by atoms with E-state index in [0.717, 1.165) is 23.2 Å². The number of oxime groups is 1. The second-order valence-corrected chi connectivity index (χ2v) is 6.99. The summed E-state index contributed by atoms with van der Waals surface area (Å²) in [5, 5.41) is 7.40. The number of ether oxygens (including phenoxy) is 2. The Morgan fingerprint density at radius 1 is 1.30 bits per heavy atom. The van der Waals surface area contributed by atoms with Gasteiger partial charge in [0, 0.05) is 23.9 Å². The zero-order valence-electron chi connectivity index (χ0n) is 13.0. The molecule has 9 heteroatoms. The van der Waals surface area contributed by atoms with E-state index in [1.54, 1.807) is 14.2 Å². The fraction of sp³-hybridized carbons (Fsp3) is 0.500. The summed E-state index contributed by atoms with van der Waals surface area (Å²) in [5.74, 6) is 1.11. The lowest BCUT2D eigenvalue weighted by Gasteiger charge is -2.26. The largest absolute Gasteiger partial charge is 0.493 e. The van der Waals surface area contributed by atoms with E-state index < -0.39 is 16.2 Å². The molecule has 0 spiro atoms. The van der Waals surface area contributed by atoms with Crippen molar-refractivity contribution in [3.05, 3.63) is 17.7 Å². The third kappa shape index (κ3) is 3.06. The van der Waals surface area contributed by atoms with Gasteiger partial charge >= 0.3 is 0 Å². The molecule has 126 valence electrons. The molecule has 2 atom stereocenters. The van der Waals surface area contributed by atoms with Crippen molar-refractivity contribution >= 4 is 21.5 Å². The van der Waals surface area contributed by atoms with Crippen molar-refractivity contribution in [3.8, 4) is 11.5 Å². The minimum atomic E-state index is -3.52.